The van der Waals surface area contributed by atoms with E-state index in [1.165, 1.54) is 31.2 Å². The number of benzene rings is 1. The second kappa shape index (κ2) is 8.54. The van der Waals surface area contributed by atoms with Gasteiger partial charge in [0.1, 0.15) is 0 Å². The minimum Gasteiger partial charge on any atom is -0.356 e. The number of amides is 1. The average Bonchev–Trinajstić information content (AvgIpc) is 2.84. The lowest BCUT2D eigenvalue weighted by Gasteiger charge is -2.28. The van der Waals surface area contributed by atoms with Gasteiger partial charge in [0.05, 0.1) is 0 Å². The zero-order valence-electron chi connectivity index (χ0n) is 13.1. The Hall–Kier alpha value is -1.06. The Morgan fingerprint density at radius 2 is 1.82 bits per heavy atom. The van der Waals surface area contributed by atoms with Gasteiger partial charge in [-0.2, -0.15) is 0 Å². The van der Waals surface area contributed by atoms with E-state index in [0.717, 1.165) is 25.8 Å². The van der Waals surface area contributed by atoms with Gasteiger partial charge in [-0.25, -0.2) is 0 Å². The van der Waals surface area contributed by atoms with Gasteiger partial charge < -0.3 is 10.6 Å². The molecular formula is C18H27ClN2O. The van der Waals surface area contributed by atoms with E-state index < -0.39 is 0 Å². The molecule has 0 radical (unpaired) electrons. The van der Waals surface area contributed by atoms with Crippen LogP contribution >= 0.6 is 12.4 Å². The number of hydrogen-bond acceptors (Lipinski definition) is 2. The Morgan fingerprint density at radius 3 is 2.50 bits per heavy atom. The van der Waals surface area contributed by atoms with Crippen LogP contribution in [0.4, 0.5) is 0 Å². The van der Waals surface area contributed by atoms with Crippen molar-refractivity contribution in [2.24, 2.45) is 5.92 Å². The molecule has 2 bridgehead atoms. The van der Waals surface area contributed by atoms with Crippen molar-refractivity contribution >= 4 is 18.3 Å². The molecule has 0 aliphatic carbocycles. The van der Waals surface area contributed by atoms with Crippen LogP contribution in [-0.4, -0.2) is 24.5 Å². The Kier molecular flexibility index (Phi) is 6.71. The highest BCUT2D eigenvalue weighted by Gasteiger charge is 2.33. The van der Waals surface area contributed by atoms with Gasteiger partial charge in [0, 0.05) is 25.0 Å². The van der Waals surface area contributed by atoms with Gasteiger partial charge in [-0.3, -0.25) is 4.79 Å². The lowest BCUT2D eigenvalue weighted by molar-refractivity contribution is -0.122. The minimum atomic E-state index is 0. The predicted molar refractivity (Wildman–Crippen MR) is 92.3 cm³/mol. The molecule has 3 rings (SSSR count). The van der Waals surface area contributed by atoms with E-state index in [0.29, 0.717) is 18.0 Å². The largest absolute Gasteiger partial charge is 0.356 e. The molecule has 0 spiro atoms. The molecule has 2 unspecified atom stereocenters. The second-order valence-corrected chi connectivity index (χ2v) is 6.62. The van der Waals surface area contributed by atoms with Gasteiger partial charge in [0.25, 0.3) is 0 Å². The van der Waals surface area contributed by atoms with Crippen molar-refractivity contribution in [1.29, 1.82) is 0 Å². The first-order valence-corrected chi connectivity index (χ1v) is 8.36. The van der Waals surface area contributed by atoms with E-state index in [1.54, 1.807) is 0 Å². The maximum Gasteiger partial charge on any atom is 0.220 e. The van der Waals surface area contributed by atoms with E-state index in [-0.39, 0.29) is 18.3 Å². The summed E-state index contributed by atoms with van der Waals surface area (Å²) < 4.78 is 0. The van der Waals surface area contributed by atoms with Crippen LogP contribution in [0.2, 0.25) is 0 Å². The summed E-state index contributed by atoms with van der Waals surface area (Å²) in [5, 5.41) is 6.72. The van der Waals surface area contributed by atoms with Crippen molar-refractivity contribution < 1.29 is 4.79 Å². The average molecular weight is 323 g/mol. The van der Waals surface area contributed by atoms with Gasteiger partial charge in [0.2, 0.25) is 5.91 Å². The zero-order valence-corrected chi connectivity index (χ0v) is 13.9. The normalized spacial score (nSPS) is 26.3. The van der Waals surface area contributed by atoms with Crippen LogP contribution in [0.3, 0.4) is 0 Å². The second-order valence-electron chi connectivity index (χ2n) is 6.62. The number of carbonyl (C=O) groups is 1. The molecule has 2 fully saturated rings. The highest BCUT2D eigenvalue weighted by Crippen LogP contribution is 2.32. The Labute approximate surface area is 139 Å². The minimum absolute atomic E-state index is 0. The summed E-state index contributed by atoms with van der Waals surface area (Å²) in [6, 6.07) is 11.8. The number of fused-ring (bicyclic) bond motifs is 2. The summed E-state index contributed by atoms with van der Waals surface area (Å²) in [5.41, 5.74) is 1.35. The molecule has 1 aromatic rings. The first-order chi connectivity index (χ1) is 10.3. The Balaban J connectivity index is 0.00000176. The van der Waals surface area contributed by atoms with E-state index in [4.69, 9.17) is 0 Å². The molecule has 2 aliphatic rings. The third kappa shape index (κ3) is 4.99. The number of nitrogens with one attached hydrogen (secondary N) is 2. The molecular weight excluding hydrogens is 296 g/mol. The molecule has 2 aliphatic heterocycles. The monoisotopic (exact) mass is 322 g/mol. The molecule has 2 saturated heterocycles. The molecule has 0 saturated carbocycles. The van der Waals surface area contributed by atoms with Crippen molar-refractivity contribution in [3.63, 3.8) is 0 Å². The molecule has 0 aromatic heterocycles. The molecule has 3 nitrogen and oxygen atoms in total. The van der Waals surface area contributed by atoms with Gasteiger partial charge in [-0.15, -0.1) is 12.4 Å². The maximum atomic E-state index is 12.0. The molecule has 22 heavy (non-hydrogen) atoms. The van der Waals surface area contributed by atoms with Crippen molar-refractivity contribution in [2.75, 3.05) is 6.54 Å². The fourth-order valence-corrected chi connectivity index (χ4v) is 3.84. The van der Waals surface area contributed by atoms with E-state index >= 15 is 0 Å². The van der Waals surface area contributed by atoms with Crippen LogP contribution in [0.15, 0.2) is 30.3 Å². The summed E-state index contributed by atoms with van der Waals surface area (Å²) in [6.45, 7) is 0.797. The molecule has 1 aromatic carbocycles. The number of carbonyl (C=O) groups excluding carboxylic acids is 1. The van der Waals surface area contributed by atoms with Gasteiger partial charge in [0.15, 0.2) is 0 Å². The molecule has 1 amide bonds. The van der Waals surface area contributed by atoms with E-state index in [2.05, 4.69) is 34.9 Å². The van der Waals surface area contributed by atoms with Crippen LogP contribution in [-0.2, 0) is 11.2 Å². The molecule has 122 valence electrons. The summed E-state index contributed by atoms with van der Waals surface area (Å²) in [5.74, 6) is 0.840. The zero-order chi connectivity index (χ0) is 14.5. The lowest BCUT2D eigenvalue weighted by atomic mass is 9.89. The first-order valence-electron chi connectivity index (χ1n) is 8.36. The summed E-state index contributed by atoms with van der Waals surface area (Å²) in [4.78, 5) is 12.0. The topological polar surface area (TPSA) is 41.1 Å². The Morgan fingerprint density at radius 1 is 1.14 bits per heavy atom. The number of piperidine rings is 1. The number of hydrogen-bond donors (Lipinski definition) is 2. The number of halogens is 1. The van der Waals surface area contributed by atoms with Crippen molar-refractivity contribution in [3.05, 3.63) is 35.9 Å². The van der Waals surface area contributed by atoms with Crippen LogP contribution in [0, 0.1) is 5.92 Å². The smallest absolute Gasteiger partial charge is 0.220 e. The van der Waals surface area contributed by atoms with Crippen molar-refractivity contribution in [1.82, 2.24) is 10.6 Å². The van der Waals surface area contributed by atoms with Gasteiger partial charge in [-0.1, -0.05) is 30.3 Å². The quantitative estimate of drug-likeness (QED) is 0.790. The molecule has 4 heteroatoms. The Bertz CT molecular complexity index is 453. The molecule has 2 heterocycles. The summed E-state index contributed by atoms with van der Waals surface area (Å²) >= 11 is 0. The highest BCUT2D eigenvalue weighted by molar-refractivity contribution is 5.85. The maximum absolute atomic E-state index is 12.0. The third-order valence-corrected chi connectivity index (χ3v) is 4.85. The van der Waals surface area contributed by atoms with Crippen LogP contribution in [0.25, 0.3) is 0 Å². The number of rotatable bonds is 6. The fourth-order valence-electron chi connectivity index (χ4n) is 3.84. The highest BCUT2D eigenvalue weighted by atomic mass is 35.5. The molecule has 2 N–H and O–H groups in total. The summed E-state index contributed by atoms with van der Waals surface area (Å²) in [6.07, 6.45) is 7.77. The summed E-state index contributed by atoms with van der Waals surface area (Å²) in [7, 11) is 0. The fraction of sp³-hybridized carbons (Fsp3) is 0.611. The van der Waals surface area contributed by atoms with E-state index in [1.807, 2.05) is 6.07 Å². The van der Waals surface area contributed by atoms with Crippen LogP contribution < -0.4 is 10.6 Å². The number of aryl methyl sites for hydroxylation is 1. The standard InChI is InChI=1S/C18H26N2O.ClH/c21-18(13-15-11-16-8-9-17(12-15)20-16)19-10-4-7-14-5-2-1-3-6-14;/h1-3,5-6,15-17,20H,4,7-13H2,(H,19,21);1H. The SMILES string of the molecule is Cl.O=C(CC1CC2CCC(C1)N2)NCCCc1ccccc1. The third-order valence-electron chi connectivity index (χ3n) is 4.85. The lowest BCUT2D eigenvalue weighted by Crippen LogP contribution is -2.39. The molecule has 2 atom stereocenters. The predicted octanol–water partition coefficient (Wildman–Crippen LogP) is 3.08. The van der Waals surface area contributed by atoms with Gasteiger partial charge in [-0.05, 0) is 50.0 Å². The van der Waals surface area contributed by atoms with Crippen LogP contribution in [0.1, 0.15) is 44.1 Å². The van der Waals surface area contributed by atoms with E-state index in [9.17, 15) is 4.79 Å². The van der Waals surface area contributed by atoms with Crippen LogP contribution in [0.5, 0.6) is 0 Å². The van der Waals surface area contributed by atoms with Gasteiger partial charge >= 0.3 is 0 Å². The first kappa shape index (κ1) is 17.3. The van der Waals surface area contributed by atoms with Crippen molar-refractivity contribution in [2.45, 2.75) is 57.0 Å². The van der Waals surface area contributed by atoms with Crippen molar-refractivity contribution in [3.8, 4) is 0 Å².